The molecule has 13 heteroatoms. The molecule has 1 aromatic carbocycles. The third kappa shape index (κ3) is 5.68. The summed E-state index contributed by atoms with van der Waals surface area (Å²) in [6.45, 7) is 3.60. The Balaban J connectivity index is 1.39. The van der Waals surface area contributed by atoms with Gasteiger partial charge >= 0.3 is 0 Å². The van der Waals surface area contributed by atoms with Gasteiger partial charge in [0, 0.05) is 42.8 Å². The van der Waals surface area contributed by atoms with E-state index in [1.54, 1.807) is 24.5 Å². The molecule has 0 aliphatic rings. The van der Waals surface area contributed by atoms with Crippen molar-refractivity contribution in [2.75, 3.05) is 12.8 Å². The molecule has 0 radical (unpaired) electrons. The Morgan fingerprint density at radius 2 is 1.83 bits per heavy atom. The van der Waals surface area contributed by atoms with Gasteiger partial charge < -0.3 is 10.3 Å². The van der Waals surface area contributed by atoms with E-state index in [1.165, 1.54) is 12.1 Å². The lowest BCUT2D eigenvalue weighted by Gasteiger charge is -2.08. The molecular formula is C28H26FN9O2S. The molecule has 0 unspecified atom stereocenters. The number of aromatic nitrogens is 7. The molecule has 6 aromatic rings. The summed E-state index contributed by atoms with van der Waals surface area (Å²) in [5, 5.41) is 10.8. The van der Waals surface area contributed by atoms with Gasteiger partial charge in [0.25, 0.3) is 0 Å². The molecule has 0 aliphatic heterocycles. The van der Waals surface area contributed by atoms with Crippen LogP contribution in [-0.2, 0) is 23.1 Å². The Hall–Kier alpha value is -4.59. The fraction of sp³-hybridized carbons (Fsp3) is 0.179. The lowest BCUT2D eigenvalue weighted by atomic mass is 10.0. The second-order valence-electron chi connectivity index (χ2n) is 9.61. The van der Waals surface area contributed by atoms with Crippen LogP contribution in [0.25, 0.3) is 56.1 Å². The first-order valence-corrected chi connectivity index (χ1v) is 14.8. The van der Waals surface area contributed by atoms with Crippen LogP contribution < -0.4 is 10.0 Å². The molecule has 0 fully saturated rings. The van der Waals surface area contributed by atoms with E-state index in [1.807, 2.05) is 18.3 Å². The number of aromatic amines is 2. The Kier molecular flexibility index (Phi) is 6.99. The van der Waals surface area contributed by atoms with Crippen LogP contribution in [0.4, 0.5) is 4.39 Å². The summed E-state index contributed by atoms with van der Waals surface area (Å²) < 4.78 is 40.0. The predicted molar refractivity (Wildman–Crippen MR) is 154 cm³/mol. The van der Waals surface area contributed by atoms with Crippen LogP contribution in [0.15, 0.2) is 61.1 Å². The predicted octanol–water partition coefficient (Wildman–Crippen LogP) is 3.92. The number of pyridine rings is 3. The number of benzene rings is 1. The Morgan fingerprint density at radius 3 is 2.66 bits per heavy atom. The van der Waals surface area contributed by atoms with Crippen molar-refractivity contribution in [3.05, 3.63) is 78.0 Å². The Bertz CT molecular complexity index is 2000. The van der Waals surface area contributed by atoms with Crippen LogP contribution in [0.2, 0.25) is 0 Å². The third-order valence-electron chi connectivity index (χ3n) is 6.50. The van der Waals surface area contributed by atoms with Gasteiger partial charge in [-0.3, -0.25) is 10.1 Å². The SMILES string of the molecule is CCNCc1cncc(-c2ccc3[nH]nc(-c4nc5nccc(-c6cc(F)cc(CNS(C)(=O)=O)c6)c5[nH]4)c3n2)c1. The molecule has 0 saturated carbocycles. The summed E-state index contributed by atoms with van der Waals surface area (Å²) in [4.78, 5) is 21.6. The molecule has 11 nitrogen and oxygen atoms in total. The van der Waals surface area contributed by atoms with E-state index in [4.69, 9.17) is 4.98 Å². The molecule has 208 valence electrons. The molecular weight excluding hydrogens is 545 g/mol. The zero-order valence-electron chi connectivity index (χ0n) is 22.2. The van der Waals surface area contributed by atoms with E-state index in [2.05, 4.69) is 53.2 Å². The molecule has 0 atom stereocenters. The van der Waals surface area contributed by atoms with Gasteiger partial charge in [-0.25, -0.2) is 32.5 Å². The lowest BCUT2D eigenvalue weighted by molar-refractivity contribution is 0.586. The molecule has 5 aromatic heterocycles. The van der Waals surface area contributed by atoms with Crippen molar-refractivity contribution in [2.45, 2.75) is 20.0 Å². The van der Waals surface area contributed by atoms with Gasteiger partial charge in [0.1, 0.15) is 11.3 Å². The van der Waals surface area contributed by atoms with Crippen LogP contribution >= 0.6 is 0 Å². The number of hydrogen-bond donors (Lipinski definition) is 4. The van der Waals surface area contributed by atoms with Gasteiger partial charge in [-0.05, 0) is 65.7 Å². The van der Waals surface area contributed by atoms with E-state index in [0.717, 1.165) is 35.1 Å². The second kappa shape index (κ2) is 10.8. The maximum Gasteiger partial charge on any atom is 0.209 e. The van der Waals surface area contributed by atoms with Gasteiger partial charge in [-0.2, -0.15) is 5.10 Å². The van der Waals surface area contributed by atoms with Crippen molar-refractivity contribution in [1.82, 2.24) is 45.2 Å². The summed E-state index contributed by atoms with van der Waals surface area (Å²) in [7, 11) is -3.43. The highest BCUT2D eigenvalue weighted by Gasteiger charge is 2.18. The molecule has 0 saturated heterocycles. The van der Waals surface area contributed by atoms with Crippen molar-refractivity contribution in [3.8, 4) is 33.9 Å². The molecule has 6 rings (SSSR count). The topological polar surface area (TPSA) is 154 Å². The normalized spacial score (nSPS) is 12.0. The number of nitrogens with one attached hydrogen (secondary N) is 4. The highest BCUT2D eigenvalue weighted by Crippen LogP contribution is 2.32. The average molecular weight is 572 g/mol. The summed E-state index contributed by atoms with van der Waals surface area (Å²) >= 11 is 0. The standard InChI is InChI=1S/C28H26FN9O2S/c1-3-30-12-17-9-19(15-31-13-17)22-4-5-23-25(34-22)26(38-37-23)28-35-24-21(6-7-32-27(24)36-28)18-8-16(10-20(29)11-18)14-33-41(2,39)40/h4-11,13,15,30,33H,3,12,14H2,1-2H3,(H,37,38)(H,32,35,36). The molecule has 0 aliphatic carbocycles. The number of hydrogen-bond acceptors (Lipinski definition) is 8. The first-order chi connectivity index (χ1) is 19.8. The quantitative estimate of drug-likeness (QED) is 0.204. The number of nitrogens with zero attached hydrogens (tertiary/aromatic N) is 5. The monoisotopic (exact) mass is 571 g/mol. The number of H-pyrrole nitrogens is 2. The fourth-order valence-electron chi connectivity index (χ4n) is 4.60. The molecule has 4 N–H and O–H groups in total. The van der Waals surface area contributed by atoms with E-state index < -0.39 is 15.8 Å². The van der Waals surface area contributed by atoms with E-state index >= 15 is 0 Å². The minimum atomic E-state index is -3.43. The van der Waals surface area contributed by atoms with Crippen molar-refractivity contribution in [2.24, 2.45) is 0 Å². The smallest absolute Gasteiger partial charge is 0.209 e. The third-order valence-corrected chi connectivity index (χ3v) is 7.17. The van der Waals surface area contributed by atoms with Gasteiger partial charge in [0.05, 0.1) is 23.0 Å². The van der Waals surface area contributed by atoms with E-state index in [9.17, 15) is 12.8 Å². The zero-order chi connectivity index (χ0) is 28.6. The number of imidazole rings is 1. The van der Waals surface area contributed by atoms with Crippen molar-refractivity contribution < 1.29 is 12.8 Å². The van der Waals surface area contributed by atoms with Crippen LogP contribution in [0.3, 0.4) is 0 Å². The molecule has 41 heavy (non-hydrogen) atoms. The number of fused-ring (bicyclic) bond motifs is 2. The van der Waals surface area contributed by atoms with Gasteiger partial charge in [0.15, 0.2) is 17.2 Å². The highest BCUT2D eigenvalue weighted by molar-refractivity contribution is 7.88. The van der Waals surface area contributed by atoms with E-state index in [-0.39, 0.29) is 6.54 Å². The van der Waals surface area contributed by atoms with Crippen LogP contribution in [-0.4, -0.2) is 56.3 Å². The first kappa shape index (κ1) is 26.6. The van der Waals surface area contributed by atoms with Gasteiger partial charge in [-0.1, -0.05) is 6.92 Å². The number of halogens is 1. The van der Waals surface area contributed by atoms with Gasteiger partial charge in [-0.15, -0.1) is 0 Å². The lowest BCUT2D eigenvalue weighted by Crippen LogP contribution is -2.21. The molecule has 0 bridgehead atoms. The first-order valence-electron chi connectivity index (χ1n) is 12.9. The maximum absolute atomic E-state index is 14.6. The van der Waals surface area contributed by atoms with Crippen molar-refractivity contribution >= 4 is 32.2 Å². The summed E-state index contributed by atoms with van der Waals surface area (Å²) in [5.74, 6) is -0.0400. The van der Waals surface area contributed by atoms with Crippen LogP contribution in [0.1, 0.15) is 18.1 Å². The number of rotatable bonds is 9. The summed E-state index contributed by atoms with van der Waals surface area (Å²) in [6.07, 6.45) is 6.26. The maximum atomic E-state index is 14.6. The van der Waals surface area contributed by atoms with Crippen LogP contribution in [0, 0.1) is 5.82 Å². The van der Waals surface area contributed by atoms with Gasteiger partial charge in [0.2, 0.25) is 10.0 Å². The Labute approximate surface area is 234 Å². The minimum Gasteiger partial charge on any atom is -0.335 e. The molecule has 5 heterocycles. The molecule has 0 spiro atoms. The van der Waals surface area contributed by atoms with Crippen molar-refractivity contribution in [3.63, 3.8) is 0 Å². The van der Waals surface area contributed by atoms with Crippen LogP contribution in [0.5, 0.6) is 0 Å². The zero-order valence-corrected chi connectivity index (χ0v) is 23.1. The summed E-state index contributed by atoms with van der Waals surface area (Å²) in [5.41, 5.74) is 7.26. The minimum absolute atomic E-state index is 0.0349. The summed E-state index contributed by atoms with van der Waals surface area (Å²) in [6, 6.07) is 12.0. The van der Waals surface area contributed by atoms with Crippen molar-refractivity contribution in [1.29, 1.82) is 0 Å². The second-order valence-corrected chi connectivity index (χ2v) is 11.4. The van der Waals surface area contributed by atoms with E-state index in [0.29, 0.717) is 51.4 Å². The largest absolute Gasteiger partial charge is 0.335 e. The Morgan fingerprint density at radius 1 is 0.976 bits per heavy atom. The fourth-order valence-corrected chi connectivity index (χ4v) is 5.03. The molecule has 0 amide bonds. The number of sulfonamides is 1. The highest BCUT2D eigenvalue weighted by atomic mass is 32.2. The average Bonchev–Trinajstić information content (AvgIpc) is 3.58.